The van der Waals surface area contributed by atoms with Crippen LogP contribution in [-0.2, 0) is 6.54 Å². The van der Waals surface area contributed by atoms with Crippen LogP contribution in [0.5, 0.6) is 0 Å². The standard InChI is InChI=1S/C14H12FN3O3/c1-5-3-7(15)9(8-6(5)4-17-14(8)21)18-11-10(16-2)12(19)13(11)20/h3,16,18H,4H2,1-2H3,(H,17,21). The van der Waals surface area contributed by atoms with E-state index in [2.05, 4.69) is 16.0 Å². The fourth-order valence-corrected chi connectivity index (χ4v) is 2.55. The summed E-state index contributed by atoms with van der Waals surface area (Å²) in [6.07, 6.45) is 0. The molecule has 0 aromatic heterocycles. The summed E-state index contributed by atoms with van der Waals surface area (Å²) in [7, 11) is 1.49. The molecule has 0 saturated heterocycles. The van der Waals surface area contributed by atoms with Crippen LogP contribution in [0, 0.1) is 12.7 Å². The molecule has 3 N–H and O–H groups in total. The molecule has 0 bridgehead atoms. The quantitative estimate of drug-likeness (QED) is 0.726. The van der Waals surface area contributed by atoms with Crippen molar-refractivity contribution in [2.75, 3.05) is 17.7 Å². The van der Waals surface area contributed by atoms with E-state index >= 15 is 0 Å². The Morgan fingerprint density at radius 3 is 2.48 bits per heavy atom. The van der Waals surface area contributed by atoms with Gasteiger partial charge in [0, 0.05) is 13.6 Å². The summed E-state index contributed by atoms with van der Waals surface area (Å²) in [5.41, 5.74) is 0.134. The second-order valence-corrected chi connectivity index (χ2v) is 4.87. The predicted molar refractivity (Wildman–Crippen MR) is 76.5 cm³/mol. The van der Waals surface area contributed by atoms with E-state index in [9.17, 15) is 18.8 Å². The fraction of sp³-hybridized carbons (Fsp3) is 0.214. The first-order valence-electron chi connectivity index (χ1n) is 6.34. The largest absolute Gasteiger partial charge is 0.383 e. The summed E-state index contributed by atoms with van der Waals surface area (Å²) in [6.45, 7) is 2.03. The Morgan fingerprint density at radius 1 is 1.14 bits per heavy atom. The van der Waals surface area contributed by atoms with Crippen molar-refractivity contribution in [3.8, 4) is 0 Å². The second-order valence-electron chi connectivity index (χ2n) is 4.87. The number of hydrogen-bond donors (Lipinski definition) is 3. The maximum absolute atomic E-state index is 14.2. The van der Waals surface area contributed by atoms with E-state index in [0.29, 0.717) is 17.7 Å². The molecule has 3 rings (SSSR count). The maximum Gasteiger partial charge on any atom is 0.254 e. The van der Waals surface area contributed by atoms with Crippen molar-refractivity contribution in [2.24, 2.45) is 0 Å². The molecule has 21 heavy (non-hydrogen) atoms. The molecule has 0 spiro atoms. The zero-order valence-electron chi connectivity index (χ0n) is 11.4. The third kappa shape index (κ3) is 1.74. The Bertz CT molecular complexity index is 850. The minimum Gasteiger partial charge on any atom is -0.383 e. The molecule has 0 unspecified atom stereocenters. The molecule has 0 radical (unpaired) electrons. The van der Waals surface area contributed by atoms with Gasteiger partial charge in [0.15, 0.2) is 0 Å². The lowest BCUT2D eigenvalue weighted by molar-refractivity contribution is 0.0966. The van der Waals surface area contributed by atoms with Crippen LogP contribution in [0.2, 0.25) is 0 Å². The zero-order chi connectivity index (χ0) is 15.3. The molecule has 0 aliphatic carbocycles. The van der Waals surface area contributed by atoms with Crippen LogP contribution in [0.4, 0.5) is 21.5 Å². The van der Waals surface area contributed by atoms with Gasteiger partial charge in [0.1, 0.15) is 17.2 Å². The second kappa shape index (κ2) is 4.41. The lowest BCUT2D eigenvalue weighted by atomic mass is 10.0. The first kappa shape index (κ1) is 13.3. The van der Waals surface area contributed by atoms with E-state index in [1.54, 1.807) is 6.92 Å². The molecule has 1 amide bonds. The molecule has 1 aliphatic rings. The Balaban J connectivity index is 2.15. The van der Waals surface area contributed by atoms with Crippen molar-refractivity contribution in [3.05, 3.63) is 49.0 Å². The van der Waals surface area contributed by atoms with Gasteiger partial charge < -0.3 is 16.0 Å². The van der Waals surface area contributed by atoms with Gasteiger partial charge >= 0.3 is 0 Å². The highest BCUT2D eigenvalue weighted by molar-refractivity contribution is 6.05. The molecule has 0 fully saturated rings. The Labute approximate surface area is 118 Å². The predicted octanol–water partition coefficient (Wildman–Crippen LogP) is 0.759. The summed E-state index contributed by atoms with van der Waals surface area (Å²) in [6, 6.07) is 1.30. The number of anilines is 3. The van der Waals surface area contributed by atoms with Gasteiger partial charge in [-0.3, -0.25) is 14.4 Å². The number of nitrogens with one attached hydrogen (secondary N) is 3. The lowest BCUT2D eigenvalue weighted by Crippen LogP contribution is -2.36. The minimum absolute atomic E-state index is 0.0212. The van der Waals surface area contributed by atoms with Crippen LogP contribution < -0.4 is 26.8 Å². The normalized spacial score (nSPS) is 13.2. The summed E-state index contributed by atoms with van der Waals surface area (Å²) < 4.78 is 14.2. The van der Waals surface area contributed by atoms with E-state index in [1.165, 1.54) is 13.1 Å². The number of carbonyl (C=O) groups excluding carboxylic acids is 1. The first-order valence-corrected chi connectivity index (χ1v) is 6.34. The van der Waals surface area contributed by atoms with Gasteiger partial charge in [-0.05, 0) is 24.1 Å². The highest BCUT2D eigenvalue weighted by Gasteiger charge is 2.29. The number of hydrogen-bond acceptors (Lipinski definition) is 5. The smallest absolute Gasteiger partial charge is 0.254 e. The fourth-order valence-electron chi connectivity index (χ4n) is 2.55. The van der Waals surface area contributed by atoms with E-state index in [1.807, 2.05) is 0 Å². The molecule has 0 atom stereocenters. The monoisotopic (exact) mass is 289 g/mol. The number of carbonyl (C=O) groups is 1. The van der Waals surface area contributed by atoms with Crippen molar-refractivity contribution in [2.45, 2.75) is 13.5 Å². The average molecular weight is 289 g/mol. The lowest BCUT2D eigenvalue weighted by Gasteiger charge is -2.16. The van der Waals surface area contributed by atoms with Crippen molar-refractivity contribution < 1.29 is 9.18 Å². The summed E-state index contributed by atoms with van der Waals surface area (Å²) in [4.78, 5) is 34.8. The van der Waals surface area contributed by atoms with Crippen LogP contribution in [0.15, 0.2) is 15.7 Å². The van der Waals surface area contributed by atoms with Crippen LogP contribution in [-0.4, -0.2) is 13.0 Å². The minimum atomic E-state index is -0.730. The molecule has 0 saturated carbocycles. The highest BCUT2D eigenvalue weighted by Crippen LogP contribution is 2.33. The van der Waals surface area contributed by atoms with Gasteiger partial charge in [-0.15, -0.1) is 0 Å². The number of fused-ring (bicyclic) bond motifs is 1. The van der Waals surface area contributed by atoms with Crippen LogP contribution >= 0.6 is 0 Å². The molecule has 2 aromatic carbocycles. The van der Waals surface area contributed by atoms with Gasteiger partial charge in [0.25, 0.3) is 16.8 Å². The van der Waals surface area contributed by atoms with E-state index in [4.69, 9.17) is 0 Å². The summed E-state index contributed by atoms with van der Waals surface area (Å²) in [5.74, 6) is -1.04. The number of amides is 1. The van der Waals surface area contributed by atoms with Gasteiger partial charge in [0.2, 0.25) is 0 Å². The molecule has 1 heterocycles. The third-order valence-electron chi connectivity index (χ3n) is 3.67. The first-order chi connectivity index (χ1) is 9.95. The summed E-state index contributed by atoms with van der Waals surface area (Å²) in [5, 5.41) is 7.80. The zero-order valence-corrected chi connectivity index (χ0v) is 11.4. The Hall–Kier alpha value is -2.70. The van der Waals surface area contributed by atoms with Gasteiger partial charge in [-0.1, -0.05) is 0 Å². The van der Waals surface area contributed by atoms with E-state index < -0.39 is 22.6 Å². The van der Waals surface area contributed by atoms with Crippen LogP contribution in [0.1, 0.15) is 21.5 Å². The topological polar surface area (TPSA) is 87.3 Å². The van der Waals surface area contributed by atoms with Gasteiger partial charge in [-0.2, -0.15) is 0 Å². The van der Waals surface area contributed by atoms with Crippen molar-refractivity contribution >= 4 is 23.0 Å². The third-order valence-corrected chi connectivity index (χ3v) is 3.67. The van der Waals surface area contributed by atoms with E-state index in [-0.39, 0.29) is 22.6 Å². The van der Waals surface area contributed by atoms with Gasteiger partial charge in [-0.25, -0.2) is 4.39 Å². The number of aryl methyl sites for hydroxylation is 1. The molecule has 108 valence electrons. The molecular weight excluding hydrogens is 277 g/mol. The van der Waals surface area contributed by atoms with Gasteiger partial charge in [0.05, 0.1) is 11.3 Å². The number of rotatable bonds is 3. The Kier molecular flexibility index (Phi) is 2.79. The highest BCUT2D eigenvalue weighted by atomic mass is 19.1. The van der Waals surface area contributed by atoms with Crippen molar-refractivity contribution in [1.82, 2.24) is 5.32 Å². The molecule has 6 nitrogen and oxygen atoms in total. The summed E-state index contributed by atoms with van der Waals surface area (Å²) >= 11 is 0. The molecular formula is C14H12FN3O3. The van der Waals surface area contributed by atoms with Crippen molar-refractivity contribution in [1.29, 1.82) is 0 Å². The SMILES string of the molecule is CNc1c(Nc2c(F)cc(C)c3c2C(=O)NC3)c(=O)c1=O. The van der Waals surface area contributed by atoms with E-state index in [0.717, 1.165) is 0 Å². The molecule has 1 aliphatic heterocycles. The Morgan fingerprint density at radius 2 is 1.81 bits per heavy atom. The van der Waals surface area contributed by atoms with Crippen molar-refractivity contribution in [3.63, 3.8) is 0 Å². The van der Waals surface area contributed by atoms with Crippen LogP contribution in [0.3, 0.4) is 0 Å². The number of halogens is 1. The molecule has 2 aromatic rings. The van der Waals surface area contributed by atoms with Crippen LogP contribution in [0.25, 0.3) is 0 Å². The molecule has 7 heteroatoms. The number of benzene rings is 1. The maximum atomic E-state index is 14.2. The average Bonchev–Trinajstić information content (AvgIpc) is 2.84.